The molecule has 15 nitrogen and oxygen atoms in total. The summed E-state index contributed by atoms with van der Waals surface area (Å²) in [6, 6.07) is 6.54. The third-order valence-corrected chi connectivity index (χ3v) is 10.9. The third-order valence-electron chi connectivity index (χ3n) is 9.57. The van der Waals surface area contributed by atoms with Crippen molar-refractivity contribution in [1.82, 2.24) is 39.7 Å². The molecule has 1 saturated heterocycles. The minimum absolute atomic E-state index is 0.0254. The number of nitrogens with one attached hydrogen (secondary N) is 3. The molecule has 1 atom stereocenters. The summed E-state index contributed by atoms with van der Waals surface area (Å²) in [6.07, 6.45) is 11.4. The van der Waals surface area contributed by atoms with Crippen molar-refractivity contribution in [2.45, 2.75) is 69.5 Å². The van der Waals surface area contributed by atoms with Crippen LogP contribution in [-0.4, -0.2) is 88.6 Å². The van der Waals surface area contributed by atoms with Crippen LogP contribution in [0.5, 0.6) is 0 Å². The van der Waals surface area contributed by atoms with Gasteiger partial charge in [0.2, 0.25) is 0 Å². The molecular formula is C34H44N10O5S. The molecule has 0 aromatic carbocycles. The van der Waals surface area contributed by atoms with E-state index in [2.05, 4.69) is 39.9 Å². The Kier molecular flexibility index (Phi) is 10.9. The number of hydrogen-bond acceptors (Lipinski definition) is 11. The molecule has 1 aliphatic heterocycles. The van der Waals surface area contributed by atoms with E-state index < -0.39 is 22.0 Å². The van der Waals surface area contributed by atoms with Crippen LogP contribution in [0.15, 0.2) is 58.7 Å². The number of nitrogens with two attached hydrogens (primary N) is 1. The van der Waals surface area contributed by atoms with Crippen LogP contribution in [0.1, 0.15) is 60.6 Å². The number of carbonyl (C=O) groups is 2. The fourth-order valence-electron chi connectivity index (χ4n) is 6.59. The van der Waals surface area contributed by atoms with E-state index in [1.807, 2.05) is 31.3 Å². The molecule has 0 unspecified atom stereocenters. The predicted octanol–water partition coefficient (Wildman–Crippen LogP) is 1.54. The minimum Gasteiger partial charge on any atom is -0.368 e. The van der Waals surface area contributed by atoms with Crippen molar-refractivity contribution in [2.75, 3.05) is 37.6 Å². The van der Waals surface area contributed by atoms with Gasteiger partial charge in [0, 0.05) is 57.2 Å². The topological polar surface area (TPSA) is 201 Å². The molecule has 0 spiro atoms. The zero-order chi connectivity index (χ0) is 35.3. The predicted molar refractivity (Wildman–Crippen MR) is 188 cm³/mol. The SMILES string of the molecule is CCc1cc2ncc(CN3CCN(c4ccc(C(=O)NCCn5cc(S(=O)(=O)NC(=O)[C@H](N)C6CCCCC6)cn5)nc4)CC3)cc2[nH]c1=O. The smallest absolute Gasteiger partial charge is 0.269 e. The van der Waals surface area contributed by atoms with Gasteiger partial charge in [-0.3, -0.25) is 28.9 Å². The van der Waals surface area contributed by atoms with Gasteiger partial charge in [-0.25, -0.2) is 18.1 Å². The van der Waals surface area contributed by atoms with Crippen LogP contribution in [0.4, 0.5) is 5.69 Å². The maximum atomic E-state index is 12.8. The number of aromatic amines is 1. The van der Waals surface area contributed by atoms with Crippen molar-refractivity contribution in [2.24, 2.45) is 11.7 Å². The Balaban J connectivity index is 0.939. The van der Waals surface area contributed by atoms with E-state index in [0.717, 1.165) is 98.9 Å². The Morgan fingerprint density at radius 1 is 1.04 bits per heavy atom. The normalized spacial score (nSPS) is 16.7. The fraction of sp³-hybridized carbons (Fsp3) is 0.471. The number of aryl methyl sites for hydroxylation is 1. The van der Waals surface area contributed by atoms with Crippen LogP contribution in [0.2, 0.25) is 0 Å². The first-order chi connectivity index (χ1) is 24.1. The van der Waals surface area contributed by atoms with E-state index in [1.54, 1.807) is 12.3 Å². The van der Waals surface area contributed by atoms with E-state index in [0.29, 0.717) is 6.42 Å². The average molecular weight is 705 g/mol. The van der Waals surface area contributed by atoms with Crippen molar-refractivity contribution in [3.63, 3.8) is 0 Å². The molecule has 5 N–H and O–H groups in total. The maximum absolute atomic E-state index is 12.8. The lowest BCUT2D eigenvalue weighted by molar-refractivity contribution is -0.122. The average Bonchev–Trinajstić information content (AvgIpc) is 3.62. The van der Waals surface area contributed by atoms with Crippen LogP contribution in [0, 0.1) is 5.92 Å². The van der Waals surface area contributed by atoms with E-state index in [9.17, 15) is 22.8 Å². The van der Waals surface area contributed by atoms with Gasteiger partial charge in [0.25, 0.3) is 27.4 Å². The Labute approximate surface area is 290 Å². The molecule has 50 heavy (non-hydrogen) atoms. The van der Waals surface area contributed by atoms with Gasteiger partial charge in [0.15, 0.2) is 0 Å². The van der Waals surface area contributed by atoms with Crippen LogP contribution < -0.4 is 26.2 Å². The van der Waals surface area contributed by atoms with E-state index >= 15 is 0 Å². The van der Waals surface area contributed by atoms with Crippen molar-refractivity contribution in [3.05, 3.63) is 76.2 Å². The number of nitrogens with zero attached hydrogens (tertiary/aromatic N) is 6. The number of piperazine rings is 1. The number of sulfonamides is 1. The first-order valence-electron chi connectivity index (χ1n) is 17.2. The van der Waals surface area contributed by atoms with Gasteiger partial charge in [-0.1, -0.05) is 26.2 Å². The second-order valence-electron chi connectivity index (χ2n) is 13.0. The molecule has 2 amide bonds. The number of aromatic nitrogens is 5. The molecule has 0 radical (unpaired) electrons. The van der Waals surface area contributed by atoms with E-state index in [4.69, 9.17) is 5.73 Å². The molecule has 6 rings (SSSR count). The highest BCUT2D eigenvalue weighted by Gasteiger charge is 2.30. The monoisotopic (exact) mass is 704 g/mol. The standard InChI is InChI=1S/C34H44N10O5S/c1-2-24-17-29-30(40-32(24)45)16-23(18-37-29)21-42-12-14-43(15-13-42)26-8-9-28(38-19-26)33(46)36-10-11-44-22-27(20-39-44)50(48,49)41-34(47)31(35)25-6-4-3-5-7-25/h8-9,16-20,22,25,31H,2-7,10-15,21,35H2,1H3,(H,36,46)(H,40,45)(H,41,47)/t31-/m1/s1. The summed E-state index contributed by atoms with van der Waals surface area (Å²) in [7, 11) is -4.13. The summed E-state index contributed by atoms with van der Waals surface area (Å²) in [5, 5.41) is 6.85. The Morgan fingerprint density at radius 2 is 1.82 bits per heavy atom. The highest BCUT2D eigenvalue weighted by atomic mass is 32.2. The number of amides is 2. The number of rotatable bonds is 12. The third kappa shape index (κ3) is 8.37. The number of H-pyrrole nitrogens is 1. The number of pyridine rings is 3. The summed E-state index contributed by atoms with van der Waals surface area (Å²) < 4.78 is 29.0. The van der Waals surface area contributed by atoms with Crippen molar-refractivity contribution in [3.8, 4) is 0 Å². The van der Waals surface area contributed by atoms with Crippen molar-refractivity contribution >= 4 is 38.6 Å². The second-order valence-corrected chi connectivity index (χ2v) is 14.7. The minimum atomic E-state index is -4.13. The Morgan fingerprint density at radius 3 is 2.54 bits per heavy atom. The van der Waals surface area contributed by atoms with E-state index in [-0.39, 0.29) is 41.1 Å². The number of hydrogen-bond donors (Lipinski definition) is 4. The van der Waals surface area contributed by atoms with E-state index in [1.165, 1.54) is 10.9 Å². The van der Waals surface area contributed by atoms with Crippen LogP contribution in [-0.2, 0) is 34.3 Å². The second kappa shape index (κ2) is 15.5. The summed E-state index contributed by atoms with van der Waals surface area (Å²) >= 11 is 0. The maximum Gasteiger partial charge on any atom is 0.269 e. The molecule has 1 aliphatic carbocycles. The van der Waals surface area contributed by atoms with Crippen LogP contribution >= 0.6 is 0 Å². The molecule has 5 heterocycles. The number of carbonyl (C=O) groups excluding carboxylic acids is 2. The van der Waals surface area contributed by atoms with Gasteiger partial charge in [-0.05, 0) is 55.0 Å². The van der Waals surface area contributed by atoms with Crippen molar-refractivity contribution in [1.29, 1.82) is 0 Å². The van der Waals surface area contributed by atoms with Gasteiger partial charge < -0.3 is 20.9 Å². The molecule has 2 aliphatic rings. The van der Waals surface area contributed by atoms with Crippen LogP contribution in [0.25, 0.3) is 11.0 Å². The van der Waals surface area contributed by atoms with Crippen LogP contribution in [0.3, 0.4) is 0 Å². The number of anilines is 1. The number of fused-ring (bicyclic) bond motifs is 1. The first kappa shape index (κ1) is 35.2. The molecule has 16 heteroatoms. The zero-order valence-corrected chi connectivity index (χ0v) is 29.0. The zero-order valence-electron chi connectivity index (χ0n) is 28.2. The highest BCUT2D eigenvalue weighted by Crippen LogP contribution is 2.26. The van der Waals surface area contributed by atoms with Crippen molar-refractivity contribution < 1.29 is 18.0 Å². The highest BCUT2D eigenvalue weighted by molar-refractivity contribution is 7.90. The molecule has 4 aromatic heterocycles. The molecule has 0 bridgehead atoms. The molecule has 4 aromatic rings. The van der Waals surface area contributed by atoms with Gasteiger partial charge in [0.1, 0.15) is 10.6 Å². The molecule has 266 valence electrons. The van der Waals surface area contributed by atoms with Gasteiger partial charge in [-0.2, -0.15) is 5.10 Å². The lowest BCUT2D eigenvalue weighted by Crippen LogP contribution is -2.47. The molecule has 1 saturated carbocycles. The summed E-state index contributed by atoms with van der Waals surface area (Å²) in [5.41, 5.74) is 10.5. The fourth-order valence-corrected chi connectivity index (χ4v) is 7.56. The Hall–Kier alpha value is -4.67. The summed E-state index contributed by atoms with van der Waals surface area (Å²) in [4.78, 5) is 53.8. The summed E-state index contributed by atoms with van der Waals surface area (Å²) in [6.45, 7) is 6.34. The van der Waals surface area contributed by atoms with Gasteiger partial charge >= 0.3 is 0 Å². The quantitative estimate of drug-likeness (QED) is 0.167. The first-order valence-corrected chi connectivity index (χ1v) is 18.6. The molecular weight excluding hydrogens is 661 g/mol. The molecule has 2 fully saturated rings. The van der Waals surface area contributed by atoms with Gasteiger partial charge in [0.05, 0.1) is 41.7 Å². The van der Waals surface area contributed by atoms with Gasteiger partial charge in [-0.15, -0.1) is 0 Å². The lowest BCUT2D eigenvalue weighted by Gasteiger charge is -2.36. The lowest BCUT2D eigenvalue weighted by atomic mass is 9.84. The Bertz CT molecular complexity index is 1980. The summed E-state index contributed by atoms with van der Waals surface area (Å²) in [5.74, 6) is -1.10. The largest absolute Gasteiger partial charge is 0.368 e.